The molecule has 0 aromatic heterocycles. The molecule has 0 aliphatic carbocycles. The molecule has 1 aromatic rings. The number of nitrogen functional groups attached to an aromatic ring is 1. The van der Waals surface area contributed by atoms with E-state index >= 15 is 0 Å². The predicted octanol–water partition coefficient (Wildman–Crippen LogP) is -4.84. The van der Waals surface area contributed by atoms with Crippen LogP contribution in [0.4, 0.5) is 5.69 Å². The third-order valence-corrected chi connectivity index (χ3v) is 4.28. The summed E-state index contributed by atoms with van der Waals surface area (Å²) in [6, 6.07) is 4.33. The summed E-state index contributed by atoms with van der Waals surface area (Å²) in [6.07, 6.45) is -0.967. The molecule has 2 aliphatic rings. The number of carbonyl (C=O) groups is 3. The van der Waals surface area contributed by atoms with Crippen LogP contribution >= 0.6 is 11.6 Å². The molecule has 2 amide bonds. The number of nitrogens with two attached hydrogens (primary N) is 2. The van der Waals surface area contributed by atoms with E-state index in [1.807, 2.05) is 0 Å². The average Bonchev–Trinajstić information content (AvgIpc) is 2.58. The molecule has 132 valence electrons. The number of carboxylic acids is 1. The molecule has 1 aromatic carbocycles. The van der Waals surface area contributed by atoms with Crippen molar-refractivity contribution in [2.24, 2.45) is 5.73 Å². The largest absolute Gasteiger partial charge is 1.00 e. The number of amides is 2. The fourth-order valence-electron chi connectivity index (χ4n) is 2.67. The van der Waals surface area contributed by atoms with Crippen molar-refractivity contribution in [1.29, 1.82) is 0 Å². The number of aliphatic carboxylic acids is 1. The molecule has 0 bridgehead atoms. The molecular formula is C15H14ClN4NaO5. The minimum Gasteiger partial charge on any atom is -0.543 e. The maximum absolute atomic E-state index is 12.3. The van der Waals surface area contributed by atoms with E-state index in [0.29, 0.717) is 11.3 Å². The molecule has 1 fully saturated rings. The average molecular weight is 389 g/mol. The minimum absolute atomic E-state index is 0. The second kappa shape index (κ2) is 7.95. The molecule has 0 spiro atoms. The molecular weight excluding hydrogens is 375 g/mol. The van der Waals surface area contributed by atoms with E-state index in [-0.39, 0.29) is 41.2 Å². The minimum atomic E-state index is -1.59. The van der Waals surface area contributed by atoms with Gasteiger partial charge in [0.2, 0.25) is 5.91 Å². The Morgan fingerprint density at radius 2 is 1.96 bits per heavy atom. The van der Waals surface area contributed by atoms with Crippen molar-refractivity contribution in [3.8, 4) is 0 Å². The summed E-state index contributed by atoms with van der Waals surface area (Å²) < 4.78 is 5.31. The molecule has 0 saturated carbocycles. The third kappa shape index (κ3) is 3.59. The van der Waals surface area contributed by atoms with Crippen LogP contribution in [-0.2, 0) is 19.1 Å². The Morgan fingerprint density at radius 3 is 2.54 bits per heavy atom. The van der Waals surface area contributed by atoms with Crippen molar-refractivity contribution in [3.05, 3.63) is 40.6 Å². The Bertz CT molecular complexity index is 785. The van der Waals surface area contributed by atoms with Gasteiger partial charge in [-0.2, -0.15) is 0 Å². The second-order valence-electron chi connectivity index (χ2n) is 5.58. The molecule has 3 atom stereocenters. The van der Waals surface area contributed by atoms with Gasteiger partial charge in [0, 0.05) is 5.69 Å². The normalized spacial score (nSPS) is 22.7. The summed E-state index contributed by atoms with van der Waals surface area (Å²) in [5.41, 5.74) is 12.0. The summed E-state index contributed by atoms with van der Waals surface area (Å²) in [5.74, 6) is -2.86. The van der Waals surface area contributed by atoms with Gasteiger partial charge in [-0.1, -0.05) is 23.7 Å². The van der Waals surface area contributed by atoms with Crippen LogP contribution in [0.2, 0.25) is 0 Å². The van der Waals surface area contributed by atoms with Crippen molar-refractivity contribution in [2.75, 3.05) is 12.3 Å². The fourth-order valence-corrected chi connectivity index (χ4v) is 2.90. The Kier molecular flexibility index (Phi) is 6.33. The van der Waals surface area contributed by atoms with Gasteiger partial charge in [0.05, 0.1) is 23.3 Å². The van der Waals surface area contributed by atoms with E-state index in [1.54, 1.807) is 24.3 Å². The number of fused-ring (bicyclic) bond motifs is 1. The number of anilines is 1. The van der Waals surface area contributed by atoms with Crippen LogP contribution in [0, 0.1) is 0 Å². The second-order valence-corrected chi connectivity index (χ2v) is 6.04. The number of β-lactam (4-membered cyclic amide) rings is 1. The third-order valence-electron chi connectivity index (χ3n) is 3.99. The molecule has 2 aliphatic heterocycles. The van der Waals surface area contributed by atoms with E-state index in [2.05, 4.69) is 5.32 Å². The molecule has 11 heteroatoms. The summed E-state index contributed by atoms with van der Waals surface area (Å²) >= 11 is 5.76. The monoisotopic (exact) mass is 388 g/mol. The Labute approximate surface area is 175 Å². The van der Waals surface area contributed by atoms with Crippen LogP contribution < -0.4 is 51.4 Å². The molecule has 0 radical (unpaired) electrons. The van der Waals surface area contributed by atoms with E-state index in [9.17, 15) is 19.5 Å². The van der Waals surface area contributed by atoms with Crippen LogP contribution in [0.25, 0.3) is 0 Å². The van der Waals surface area contributed by atoms with Gasteiger partial charge >= 0.3 is 29.6 Å². The summed E-state index contributed by atoms with van der Waals surface area (Å²) in [7, 11) is 0. The summed E-state index contributed by atoms with van der Waals surface area (Å²) in [5, 5.41) is 13.4. The topological polar surface area (TPSA) is 151 Å². The van der Waals surface area contributed by atoms with Crippen molar-refractivity contribution >= 4 is 35.1 Å². The van der Waals surface area contributed by atoms with E-state index < -0.39 is 41.8 Å². The number of nitrogens with one attached hydrogen (secondary N) is 1. The van der Waals surface area contributed by atoms with E-state index in [0.717, 1.165) is 4.90 Å². The van der Waals surface area contributed by atoms with Gasteiger partial charge in [0.25, 0.3) is 5.91 Å². The quantitative estimate of drug-likeness (QED) is 0.266. The first-order valence-electron chi connectivity index (χ1n) is 7.27. The summed E-state index contributed by atoms with van der Waals surface area (Å²) in [6.45, 7) is -0.199. The maximum atomic E-state index is 12.3. The maximum Gasteiger partial charge on any atom is 1.00 e. The van der Waals surface area contributed by atoms with Gasteiger partial charge in [0.1, 0.15) is 6.04 Å². The zero-order chi connectivity index (χ0) is 18.3. The number of benzene rings is 1. The zero-order valence-electron chi connectivity index (χ0n) is 13.8. The first-order valence-corrected chi connectivity index (χ1v) is 7.65. The number of nitrogens with zero attached hydrogens (tertiary/aromatic N) is 1. The van der Waals surface area contributed by atoms with Crippen LogP contribution in [-0.4, -0.2) is 41.6 Å². The van der Waals surface area contributed by atoms with Gasteiger partial charge in [-0.05, 0) is 17.7 Å². The number of halogens is 1. The van der Waals surface area contributed by atoms with Gasteiger partial charge in [-0.25, -0.2) is 0 Å². The Balaban J connectivity index is 0.00000243. The molecule has 9 nitrogen and oxygen atoms in total. The Morgan fingerprint density at radius 1 is 1.35 bits per heavy atom. The van der Waals surface area contributed by atoms with Gasteiger partial charge in [0.15, 0.2) is 12.3 Å². The molecule has 3 rings (SSSR count). The fraction of sp³-hybridized carbons (Fsp3) is 0.267. The molecule has 5 N–H and O–H groups in total. The van der Waals surface area contributed by atoms with Crippen LogP contribution in [0.1, 0.15) is 11.6 Å². The SMILES string of the molecule is Nc1ccc([C@@H](N)C(=O)N[C@@H]2C(=O)N3C(C(=O)[O-])=C(Cl)CO[C@H]23)cc1.[Na+]. The van der Waals surface area contributed by atoms with Crippen molar-refractivity contribution < 1.29 is 53.8 Å². The molecule has 0 unspecified atom stereocenters. The van der Waals surface area contributed by atoms with Crippen molar-refractivity contribution in [2.45, 2.75) is 18.3 Å². The van der Waals surface area contributed by atoms with Crippen LogP contribution in [0.15, 0.2) is 35.0 Å². The van der Waals surface area contributed by atoms with E-state index in [4.69, 9.17) is 27.8 Å². The molecule has 26 heavy (non-hydrogen) atoms. The number of carbonyl (C=O) groups excluding carboxylic acids is 3. The van der Waals surface area contributed by atoms with Gasteiger partial charge in [-0.15, -0.1) is 0 Å². The standard InChI is InChI=1S/C15H15ClN4O5.Na/c16-8-5-25-14-10(13(22)20(14)11(8)15(23)24)19-12(21)9(18)6-1-3-7(17)4-2-6;/h1-4,9-10,14H,5,17-18H2,(H,19,21)(H,23,24);/q;+1/p-1/t9-,10-,14-;/m1./s1. The number of hydrogen-bond acceptors (Lipinski definition) is 7. The zero-order valence-corrected chi connectivity index (χ0v) is 16.5. The van der Waals surface area contributed by atoms with Crippen molar-refractivity contribution in [3.63, 3.8) is 0 Å². The van der Waals surface area contributed by atoms with Gasteiger partial charge in [-0.3, -0.25) is 14.5 Å². The first-order chi connectivity index (χ1) is 11.8. The number of rotatable bonds is 4. The van der Waals surface area contributed by atoms with Crippen LogP contribution in [0.3, 0.4) is 0 Å². The van der Waals surface area contributed by atoms with Gasteiger partial charge < -0.3 is 31.4 Å². The Hall–Kier alpha value is -1.62. The molecule has 1 saturated heterocycles. The summed E-state index contributed by atoms with van der Waals surface area (Å²) in [4.78, 5) is 36.4. The van der Waals surface area contributed by atoms with Crippen molar-refractivity contribution in [1.82, 2.24) is 10.2 Å². The van der Waals surface area contributed by atoms with E-state index in [1.165, 1.54) is 0 Å². The molecule has 2 heterocycles. The number of ether oxygens (including phenoxy) is 1. The predicted molar refractivity (Wildman–Crippen MR) is 84.2 cm³/mol. The number of hydrogen-bond donors (Lipinski definition) is 3. The van der Waals surface area contributed by atoms with Crippen LogP contribution in [0.5, 0.6) is 0 Å². The number of carboxylic acid groups (broad SMARTS) is 1. The first kappa shape index (κ1) is 20.7. The smallest absolute Gasteiger partial charge is 0.543 e.